The molecule has 158 valence electrons. The van der Waals surface area contributed by atoms with Crippen LogP contribution in [-0.2, 0) is 0 Å². The van der Waals surface area contributed by atoms with Gasteiger partial charge in [-0.15, -0.1) is 0 Å². The van der Waals surface area contributed by atoms with Crippen LogP contribution >= 0.6 is 23.2 Å². The summed E-state index contributed by atoms with van der Waals surface area (Å²) in [7, 11) is 0. The molecule has 0 saturated carbocycles. The van der Waals surface area contributed by atoms with Crippen LogP contribution in [0.15, 0.2) is 65.8 Å². The first-order chi connectivity index (χ1) is 14.9. The van der Waals surface area contributed by atoms with E-state index in [4.69, 9.17) is 23.2 Å². The number of nitrogens with one attached hydrogen (secondary N) is 3. The number of hydrogen-bond acceptors (Lipinski definition) is 3. The topological polar surface area (TPSA) is 65.5 Å². The highest BCUT2D eigenvalue weighted by Crippen LogP contribution is 2.34. The fourth-order valence-corrected chi connectivity index (χ4v) is 3.95. The summed E-state index contributed by atoms with van der Waals surface area (Å²) in [6, 6.07) is 18.7. The van der Waals surface area contributed by atoms with Crippen molar-refractivity contribution in [1.82, 2.24) is 5.43 Å². The summed E-state index contributed by atoms with van der Waals surface area (Å²) in [4.78, 5) is 12.5. The third kappa shape index (κ3) is 5.01. The Bertz CT molecular complexity index is 1160. The van der Waals surface area contributed by atoms with Gasteiger partial charge in [-0.25, -0.2) is 10.2 Å². The minimum Gasteiger partial charge on any atom is -0.377 e. The third-order valence-electron chi connectivity index (χ3n) is 5.21. The minimum atomic E-state index is -0.399. The van der Waals surface area contributed by atoms with Crippen molar-refractivity contribution in [3.8, 4) is 0 Å². The first-order valence-corrected chi connectivity index (χ1v) is 10.7. The van der Waals surface area contributed by atoms with E-state index >= 15 is 0 Å². The predicted molar refractivity (Wildman–Crippen MR) is 128 cm³/mol. The Hall–Kier alpha value is -3.02. The molecule has 3 N–H and O–H groups in total. The van der Waals surface area contributed by atoms with E-state index in [-0.39, 0.29) is 6.04 Å². The van der Waals surface area contributed by atoms with E-state index in [9.17, 15) is 4.79 Å². The lowest BCUT2D eigenvalue weighted by atomic mass is 9.92. The van der Waals surface area contributed by atoms with E-state index in [1.54, 1.807) is 0 Å². The smallest absolute Gasteiger partial charge is 0.339 e. The average molecular weight is 453 g/mol. The number of hydrazone groups is 1. The van der Waals surface area contributed by atoms with Gasteiger partial charge in [-0.3, -0.25) is 0 Å². The molecule has 0 radical (unpaired) electrons. The molecule has 1 atom stereocenters. The van der Waals surface area contributed by atoms with Crippen LogP contribution in [0.4, 0.5) is 16.2 Å². The van der Waals surface area contributed by atoms with Crippen LogP contribution in [0.1, 0.15) is 34.7 Å². The number of anilines is 2. The monoisotopic (exact) mass is 452 g/mol. The number of carbonyl (C=O) groups is 1. The third-order valence-corrected chi connectivity index (χ3v) is 5.70. The molecule has 1 unspecified atom stereocenters. The van der Waals surface area contributed by atoms with E-state index in [2.05, 4.69) is 21.2 Å². The van der Waals surface area contributed by atoms with Gasteiger partial charge in [0, 0.05) is 33.4 Å². The maximum atomic E-state index is 12.5. The Balaban J connectivity index is 1.57. The summed E-state index contributed by atoms with van der Waals surface area (Å²) in [5.41, 5.74) is 9.10. The van der Waals surface area contributed by atoms with Crippen molar-refractivity contribution in [1.29, 1.82) is 0 Å². The zero-order valence-corrected chi connectivity index (χ0v) is 18.7. The number of fused-ring (bicyclic) bond motifs is 1. The van der Waals surface area contributed by atoms with Crippen molar-refractivity contribution in [3.63, 3.8) is 0 Å². The zero-order chi connectivity index (χ0) is 22.0. The highest BCUT2D eigenvalue weighted by molar-refractivity contribution is 6.31. The van der Waals surface area contributed by atoms with E-state index in [0.29, 0.717) is 16.5 Å². The van der Waals surface area contributed by atoms with Crippen molar-refractivity contribution in [2.75, 3.05) is 10.6 Å². The van der Waals surface area contributed by atoms with Crippen molar-refractivity contribution < 1.29 is 4.79 Å². The Kier molecular flexibility index (Phi) is 6.16. The van der Waals surface area contributed by atoms with E-state index in [1.165, 1.54) is 0 Å². The Labute approximate surface area is 191 Å². The quantitative estimate of drug-likeness (QED) is 0.387. The summed E-state index contributed by atoms with van der Waals surface area (Å²) in [5.74, 6) is 0. The molecular formula is C24H22Cl2N4O. The molecule has 5 nitrogen and oxygen atoms in total. The van der Waals surface area contributed by atoms with Gasteiger partial charge in [-0.2, -0.15) is 5.10 Å². The number of hydrogen-bond donors (Lipinski definition) is 3. The maximum Gasteiger partial charge on any atom is 0.339 e. The number of rotatable bonds is 3. The van der Waals surface area contributed by atoms with Gasteiger partial charge >= 0.3 is 6.03 Å². The molecule has 0 aromatic heterocycles. The molecule has 0 saturated heterocycles. The SMILES string of the molecule is Cc1ccc(NC(=O)NN=C2CC(c3ccc(Cl)cc3)Nc3ccc(Cl)cc32)c(C)c1. The second-order valence-corrected chi connectivity index (χ2v) is 8.46. The molecule has 0 spiro atoms. The molecule has 3 aromatic rings. The molecule has 7 heteroatoms. The fraction of sp³-hybridized carbons (Fsp3) is 0.167. The lowest BCUT2D eigenvalue weighted by molar-refractivity contribution is 0.252. The molecular weight excluding hydrogens is 431 g/mol. The second-order valence-electron chi connectivity index (χ2n) is 7.59. The summed E-state index contributed by atoms with van der Waals surface area (Å²) >= 11 is 12.3. The highest BCUT2D eigenvalue weighted by atomic mass is 35.5. The van der Waals surface area contributed by atoms with Crippen LogP contribution in [-0.4, -0.2) is 11.7 Å². The van der Waals surface area contributed by atoms with Crippen molar-refractivity contribution in [2.45, 2.75) is 26.3 Å². The molecule has 2 amide bonds. The second kappa shape index (κ2) is 9.00. The first-order valence-electron chi connectivity index (χ1n) is 9.92. The van der Waals surface area contributed by atoms with E-state index in [0.717, 1.165) is 39.3 Å². The van der Waals surface area contributed by atoms with Crippen molar-refractivity contribution in [3.05, 3.63) is 93.0 Å². The lowest BCUT2D eigenvalue weighted by Gasteiger charge is -2.28. The van der Waals surface area contributed by atoms with Gasteiger partial charge in [0.15, 0.2) is 0 Å². The molecule has 1 aliphatic heterocycles. The number of nitrogens with zero attached hydrogens (tertiary/aromatic N) is 1. The zero-order valence-electron chi connectivity index (χ0n) is 17.2. The normalized spacial score (nSPS) is 16.4. The van der Waals surface area contributed by atoms with Crippen LogP contribution in [0.5, 0.6) is 0 Å². The van der Waals surface area contributed by atoms with Crippen LogP contribution in [0.3, 0.4) is 0 Å². The average Bonchev–Trinajstić information content (AvgIpc) is 2.74. The lowest BCUT2D eigenvalue weighted by Crippen LogP contribution is -2.29. The van der Waals surface area contributed by atoms with Gasteiger partial charge in [0.05, 0.1) is 11.8 Å². The molecule has 0 fully saturated rings. The molecule has 31 heavy (non-hydrogen) atoms. The van der Waals surface area contributed by atoms with Gasteiger partial charge in [-0.1, -0.05) is 53.0 Å². The van der Waals surface area contributed by atoms with Gasteiger partial charge in [0.1, 0.15) is 0 Å². The van der Waals surface area contributed by atoms with Crippen LogP contribution in [0.25, 0.3) is 0 Å². The van der Waals surface area contributed by atoms with Gasteiger partial charge in [0.2, 0.25) is 0 Å². The molecule has 1 aliphatic rings. The first kappa shape index (κ1) is 21.2. The predicted octanol–water partition coefficient (Wildman–Crippen LogP) is 6.69. The molecule has 0 aliphatic carbocycles. The van der Waals surface area contributed by atoms with Gasteiger partial charge in [-0.05, 0) is 61.4 Å². The summed E-state index contributed by atoms with van der Waals surface area (Å²) in [5, 5.41) is 12.1. The maximum absolute atomic E-state index is 12.5. The van der Waals surface area contributed by atoms with Crippen molar-refractivity contribution >= 4 is 46.3 Å². The van der Waals surface area contributed by atoms with E-state index < -0.39 is 6.03 Å². The summed E-state index contributed by atoms with van der Waals surface area (Å²) in [6.45, 7) is 3.97. The fourth-order valence-electron chi connectivity index (χ4n) is 3.65. The molecule has 4 rings (SSSR count). The number of aryl methyl sites for hydroxylation is 2. The number of benzene rings is 3. The standard InChI is InChI=1S/C24H22Cl2N4O/c1-14-3-9-20(15(2)11-14)28-24(31)30-29-23-13-22(16-4-6-17(25)7-5-16)27-21-10-8-18(26)12-19(21)23/h3-12,22,27H,13H2,1-2H3,(H2,28,30,31). The van der Waals surface area contributed by atoms with Gasteiger partial charge < -0.3 is 10.6 Å². The Morgan fingerprint density at radius 1 is 1.00 bits per heavy atom. The number of urea groups is 1. The van der Waals surface area contributed by atoms with Crippen LogP contribution in [0.2, 0.25) is 10.0 Å². The number of amides is 2. The van der Waals surface area contributed by atoms with Crippen molar-refractivity contribution in [2.24, 2.45) is 5.10 Å². The number of carbonyl (C=O) groups excluding carboxylic acids is 1. The molecule has 0 bridgehead atoms. The largest absolute Gasteiger partial charge is 0.377 e. The Morgan fingerprint density at radius 2 is 1.74 bits per heavy atom. The minimum absolute atomic E-state index is 0.00565. The molecule has 1 heterocycles. The Morgan fingerprint density at radius 3 is 2.48 bits per heavy atom. The van der Waals surface area contributed by atoms with Crippen LogP contribution < -0.4 is 16.1 Å². The summed E-state index contributed by atoms with van der Waals surface area (Å²) in [6.07, 6.45) is 0.582. The number of halogens is 2. The summed E-state index contributed by atoms with van der Waals surface area (Å²) < 4.78 is 0. The molecule has 3 aromatic carbocycles. The van der Waals surface area contributed by atoms with Crippen LogP contribution in [0, 0.1) is 13.8 Å². The van der Waals surface area contributed by atoms with E-state index in [1.807, 2.05) is 74.5 Å². The van der Waals surface area contributed by atoms with Gasteiger partial charge in [0.25, 0.3) is 0 Å². The highest BCUT2D eigenvalue weighted by Gasteiger charge is 2.25.